The summed E-state index contributed by atoms with van der Waals surface area (Å²) in [6.45, 7) is 2.94. The van der Waals surface area contributed by atoms with Crippen LogP contribution >= 0.6 is 0 Å². The number of hydrogen-bond acceptors (Lipinski definition) is 3. The Labute approximate surface area is 172 Å². The summed E-state index contributed by atoms with van der Waals surface area (Å²) < 4.78 is 5.63. The molecule has 0 saturated heterocycles. The number of carbonyl (C=O) groups excluding carboxylic acids is 1. The van der Waals surface area contributed by atoms with Gasteiger partial charge in [0.25, 0.3) is 0 Å². The summed E-state index contributed by atoms with van der Waals surface area (Å²) in [5.74, 6) is 0.614. The van der Waals surface area contributed by atoms with Gasteiger partial charge in [-0.3, -0.25) is 4.79 Å². The molecule has 0 heterocycles. The predicted octanol–water partition coefficient (Wildman–Crippen LogP) is 7.85. The number of unbranched alkanes of at least 4 members (excludes halogenated alkanes) is 15. The quantitative estimate of drug-likeness (QED) is 0.193. The highest BCUT2D eigenvalue weighted by Crippen LogP contribution is 2.22. The maximum atomic E-state index is 10.7. The van der Waals surface area contributed by atoms with Crippen LogP contribution in [-0.4, -0.2) is 18.0 Å². The van der Waals surface area contributed by atoms with Crippen LogP contribution in [0.4, 0.5) is 0 Å². The molecule has 28 heavy (non-hydrogen) atoms. The fourth-order valence-electron chi connectivity index (χ4n) is 3.55. The lowest BCUT2D eigenvalue weighted by molar-refractivity contribution is 0.112. The van der Waals surface area contributed by atoms with Gasteiger partial charge in [0.1, 0.15) is 11.5 Å². The van der Waals surface area contributed by atoms with Crippen LogP contribution in [-0.2, 0) is 0 Å². The Morgan fingerprint density at radius 1 is 0.750 bits per heavy atom. The second-order valence-corrected chi connectivity index (χ2v) is 7.99. The zero-order valence-electron chi connectivity index (χ0n) is 18.1. The molecule has 0 spiro atoms. The number of hydrogen-bond donors (Lipinski definition) is 1. The Bertz CT molecular complexity index is 499. The number of aldehydes is 1. The first-order valence-electron chi connectivity index (χ1n) is 11.7. The third-order valence-electron chi connectivity index (χ3n) is 5.40. The minimum absolute atomic E-state index is 0.0144. The zero-order chi connectivity index (χ0) is 20.3. The minimum atomic E-state index is -0.0144. The summed E-state index contributed by atoms with van der Waals surface area (Å²) in [7, 11) is 0. The zero-order valence-corrected chi connectivity index (χ0v) is 18.1. The normalized spacial score (nSPS) is 10.9. The average Bonchev–Trinajstić information content (AvgIpc) is 2.70. The molecule has 0 aliphatic rings. The van der Waals surface area contributed by atoms with E-state index in [1.165, 1.54) is 102 Å². The lowest BCUT2D eigenvalue weighted by Crippen LogP contribution is -1.97. The monoisotopic (exact) mass is 390 g/mol. The molecule has 1 rings (SSSR count). The topological polar surface area (TPSA) is 46.5 Å². The molecule has 0 atom stereocenters. The Morgan fingerprint density at radius 2 is 1.21 bits per heavy atom. The standard InChI is InChI=1S/C25H42O3/c1-2-3-4-5-6-7-8-9-10-11-12-13-14-15-16-17-20-28-24-19-18-23(22-26)25(27)21-24/h18-19,21-22,27H,2-17,20H2,1H3. The number of aromatic hydroxyl groups is 1. The molecule has 0 bridgehead atoms. The van der Waals surface area contributed by atoms with E-state index >= 15 is 0 Å². The summed E-state index contributed by atoms with van der Waals surface area (Å²) in [5, 5.41) is 9.62. The second kappa shape index (κ2) is 17.6. The number of benzene rings is 1. The van der Waals surface area contributed by atoms with E-state index < -0.39 is 0 Å². The summed E-state index contributed by atoms with van der Waals surface area (Å²) in [4.78, 5) is 10.7. The fourth-order valence-corrected chi connectivity index (χ4v) is 3.55. The first kappa shape index (κ1) is 24.5. The molecule has 0 aromatic heterocycles. The van der Waals surface area contributed by atoms with Crippen LogP contribution in [0.15, 0.2) is 18.2 Å². The van der Waals surface area contributed by atoms with Crippen LogP contribution in [0.5, 0.6) is 11.5 Å². The average molecular weight is 391 g/mol. The molecular weight excluding hydrogens is 348 g/mol. The van der Waals surface area contributed by atoms with Crippen molar-refractivity contribution in [2.45, 2.75) is 110 Å². The van der Waals surface area contributed by atoms with Gasteiger partial charge >= 0.3 is 0 Å². The van der Waals surface area contributed by atoms with Crippen LogP contribution in [0.2, 0.25) is 0 Å². The van der Waals surface area contributed by atoms with Crippen LogP contribution in [0.3, 0.4) is 0 Å². The molecule has 0 amide bonds. The molecule has 1 aromatic rings. The summed E-state index contributed by atoms with van der Waals surface area (Å²) in [6, 6.07) is 4.83. The summed E-state index contributed by atoms with van der Waals surface area (Å²) >= 11 is 0. The maximum Gasteiger partial charge on any atom is 0.153 e. The molecule has 0 radical (unpaired) electrons. The number of ether oxygens (including phenoxy) is 1. The van der Waals surface area contributed by atoms with E-state index in [2.05, 4.69) is 6.92 Å². The number of phenols is 1. The van der Waals surface area contributed by atoms with Crippen LogP contribution < -0.4 is 4.74 Å². The van der Waals surface area contributed by atoms with E-state index in [4.69, 9.17) is 4.74 Å². The van der Waals surface area contributed by atoms with E-state index in [0.29, 0.717) is 24.2 Å². The van der Waals surface area contributed by atoms with E-state index in [-0.39, 0.29) is 5.75 Å². The first-order valence-corrected chi connectivity index (χ1v) is 11.7. The lowest BCUT2D eigenvalue weighted by atomic mass is 10.0. The van der Waals surface area contributed by atoms with Crippen molar-refractivity contribution in [3.8, 4) is 11.5 Å². The number of carbonyl (C=O) groups is 1. The van der Waals surface area contributed by atoms with Crippen molar-refractivity contribution in [1.82, 2.24) is 0 Å². The molecule has 1 aromatic carbocycles. The molecule has 0 aliphatic heterocycles. The van der Waals surface area contributed by atoms with Gasteiger partial charge in [0.05, 0.1) is 12.2 Å². The third-order valence-corrected chi connectivity index (χ3v) is 5.40. The highest BCUT2D eigenvalue weighted by Gasteiger charge is 2.02. The molecule has 0 unspecified atom stereocenters. The van der Waals surface area contributed by atoms with Gasteiger partial charge in [-0.2, -0.15) is 0 Å². The number of phenolic OH excluding ortho intramolecular Hbond substituents is 1. The first-order chi connectivity index (χ1) is 13.8. The van der Waals surface area contributed by atoms with E-state index in [9.17, 15) is 9.90 Å². The Kier molecular flexibility index (Phi) is 15.4. The summed E-state index contributed by atoms with van der Waals surface area (Å²) in [5.41, 5.74) is 0.301. The van der Waals surface area contributed by atoms with Gasteiger partial charge in [-0.05, 0) is 18.6 Å². The molecule has 160 valence electrons. The maximum absolute atomic E-state index is 10.7. The highest BCUT2D eigenvalue weighted by molar-refractivity contribution is 5.79. The fraction of sp³-hybridized carbons (Fsp3) is 0.720. The smallest absolute Gasteiger partial charge is 0.153 e. The largest absolute Gasteiger partial charge is 0.507 e. The van der Waals surface area contributed by atoms with Gasteiger partial charge in [-0.25, -0.2) is 0 Å². The van der Waals surface area contributed by atoms with Crippen molar-refractivity contribution in [3.63, 3.8) is 0 Å². The summed E-state index contributed by atoms with van der Waals surface area (Å²) in [6.07, 6.45) is 22.4. The molecule has 3 heteroatoms. The van der Waals surface area contributed by atoms with Crippen molar-refractivity contribution in [2.24, 2.45) is 0 Å². The van der Waals surface area contributed by atoms with E-state index in [0.717, 1.165) is 6.42 Å². The van der Waals surface area contributed by atoms with Gasteiger partial charge in [0, 0.05) is 6.07 Å². The van der Waals surface area contributed by atoms with E-state index in [1.807, 2.05) is 0 Å². The van der Waals surface area contributed by atoms with Gasteiger partial charge in [0.15, 0.2) is 6.29 Å². The molecular formula is C25H42O3. The van der Waals surface area contributed by atoms with Crippen molar-refractivity contribution >= 4 is 6.29 Å². The minimum Gasteiger partial charge on any atom is -0.507 e. The predicted molar refractivity (Wildman–Crippen MR) is 119 cm³/mol. The molecule has 0 saturated carbocycles. The van der Waals surface area contributed by atoms with E-state index in [1.54, 1.807) is 12.1 Å². The Hall–Kier alpha value is -1.51. The lowest BCUT2D eigenvalue weighted by Gasteiger charge is -2.07. The molecule has 1 N–H and O–H groups in total. The van der Waals surface area contributed by atoms with Crippen molar-refractivity contribution in [2.75, 3.05) is 6.61 Å². The Balaban J connectivity index is 1.81. The Morgan fingerprint density at radius 3 is 1.64 bits per heavy atom. The van der Waals surface area contributed by atoms with Gasteiger partial charge < -0.3 is 9.84 Å². The number of rotatable bonds is 19. The van der Waals surface area contributed by atoms with Gasteiger partial charge in [-0.1, -0.05) is 103 Å². The highest BCUT2D eigenvalue weighted by atomic mass is 16.5. The second-order valence-electron chi connectivity index (χ2n) is 7.99. The van der Waals surface area contributed by atoms with Crippen molar-refractivity contribution in [3.05, 3.63) is 23.8 Å². The molecule has 0 fully saturated rings. The van der Waals surface area contributed by atoms with Gasteiger partial charge in [0.2, 0.25) is 0 Å². The third kappa shape index (κ3) is 12.8. The van der Waals surface area contributed by atoms with Crippen molar-refractivity contribution < 1.29 is 14.6 Å². The molecule has 0 aliphatic carbocycles. The SMILES string of the molecule is CCCCCCCCCCCCCCCCCCOc1ccc(C=O)c(O)c1. The molecule has 3 nitrogen and oxygen atoms in total. The van der Waals surface area contributed by atoms with Crippen molar-refractivity contribution in [1.29, 1.82) is 0 Å². The van der Waals surface area contributed by atoms with Crippen LogP contribution in [0.1, 0.15) is 120 Å². The van der Waals surface area contributed by atoms with Crippen LogP contribution in [0.25, 0.3) is 0 Å². The van der Waals surface area contributed by atoms with Crippen LogP contribution in [0, 0.1) is 0 Å². The van der Waals surface area contributed by atoms with Gasteiger partial charge in [-0.15, -0.1) is 0 Å².